The molecule has 34 heavy (non-hydrogen) atoms. The van der Waals surface area contributed by atoms with Crippen molar-refractivity contribution in [3.63, 3.8) is 0 Å². The molecule has 0 saturated heterocycles. The number of nitrogens with zero attached hydrogens (tertiary/aromatic N) is 2. The number of carbonyl (C=O) groups is 3. The summed E-state index contributed by atoms with van der Waals surface area (Å²) in [7, 11) is -4.13. The average molecular weight is 484 g/mol. The summed E-state index contributed by atoms with van der Waals surface area (Å²) in [5.74, 6) is -1.63. The van der Waals surface area contributed by atoms with Crippen molar-refractivity contribution in [1.82, 2.24) is 14.5 Å². The number of benzene rings is 2. The van der Waals surface area contributed by atoms with Crippen LogP contribution in [0.25, 0.3) is 0 Å². The molecule has 9 heteroatoms. The number of aryl methyl sites for hydroxylation is 1. The molecule has 0 spiro atoms. The van der Waals surface area contributed by atoms with Gasteiger partial charge in [0.15, 0.2) is 0 Å². The van der Waals surface area contributed by atoms with Crippen molar-refractivity contribution in [2.24, 2.45) is 0 Å². The summed E-state index contributed by atoms with van der Waals surface area (Å²) in [6.07, 6.45) is 3.92. The van der Waals surface area contributed by atoms with Gasteiger partial charge in [-0.1, -0.05) is 54.8 Å². The predicted octanol–water partition coefficient (Wildman–Crippen LogP) is 2.62. The zero-order valence-electron chi connectivity index (χ0n) is 19.4. The molecule has 1 unspecified atom stereocenters. The molecule has 1 heterocycles. The van der Waals surface area contributed by atoms with Gasteiger partial charge in [0.1, 0.15) is 17.5 Å². The number of hydrogen-bond acceptors (Lipinski definition) is 5. The highest BCUT2D eigenvalue weighted by molar-refractivity contribution is 7.90. The molecule has 2 aromatic carbocycles. The lowest BCUT2D eigenvalue weighted by molar-refractivity contribution is -0.140. The van der Waals surface area contributed by atoms with E-state index in [4.69, 9.17) is 0 Å². The first-order chi connectivity index (χ1) is 16.2. The Balaban J connectivity index is 1.58. The minimum absolute atomic E-state index is 0.0487. The van der Waals surface area contributed by atoms with Crippen LogP contribution >= 0.6 is 0 Å². The predicted molar refractivity (Wildman–Crippen MR) is 126 cm³/mol. The molecule has 1 saturated carbocycles. The highest BCUT2D eigenvalue weighted by Gasteiger charge is 2.43. The Bertz CT molecular complexity index is 1220. The van der Waals surface area contributed by atoms with Crippen molar-refractivity contribution in [3.8, 4) is 0 Å². The zero-order chi connectivity index (χ0) is 24.5. The quantitative estimate of drug-likeness (QED) is 0.652. The second kappa shape index (κ2) is 9.58. The summed E-state index contributed by atoms with van der Waals surface area (Å²) in [4.78, 5) is 40.5. The third-order valence-electron chi connectivity index (χ3n) is 6.50. The molecule has 1 aliphatic heterocycles. The maximum atomic E-state index is 13.4. The first kappa shape index (κ1) is 23.9. The van der Waals surface area contributed by atoms with Gasteiger partial charge in [0.25, 0.3) is 15.9 Å². The van der Waals surface area contributed by atoms with Crippen LogP contribution in [0.15, 0.2) is 53.4 Å². The molecule has 0 radical (unpaired) electrons. The van der Waals surface area contributed by atoms with E-state index in [2.05, 4.69) is 5.32 Å². The van der Waals surface area contributed by atoms with E-state index in [0.29, 0.717) is 4.31 Å². The van der Waals surface area contributed by atoms with E-state index in [0.717, 1.165) is 36.8 Å². The standard InChI is InChI=1S/C25H29N3O5S/c1-17-8-7-9-19(14-17)15-27(18(2)24(30)26-20-10-3-4-11-20)23(29)16-28-25(31)21-12-5-6-13-22(21)34(28,32)33/h5-9,12-14,18,20H,3-4,10-11,15-16H2,1-2H3,(H,26,30). The normalized spacial score (nSPS) is 17.9. The largest absolute Gasteiger partial charge is 0.352 e. The Morgan fingerprint density at radius 1 is 1.12 bits per heavy atom. The number of nitrogens with one attached hydrogen (secondary N) is 1. The van der Waals surface area contributed by atoms with Crippen LogP contribution in [0.2, 0.25) is 0 Å². The molecule has 4 rings (SSSR count). The minimum Gasteiger partial charge on any atom is -0.352 e. The summed E-state index contributed by atoms with van der Waals surface area (Å²) in [6, 6.07) is 12.7. The molecule has 0 bridgehead atoms. The maximum Gasteiger partial charge on any atom is 0.269 e. The number of hydrogen-bond donors (Lipinski definition) is 1. The van der Waals surface area contributed by atoms with Crippen LogP contribution in [0, 0.1) is 6.92 Å². The number of carbonyl (C=O) groups excluding carboxylic acids is 3. The molecule has 0 aromatic heterocycles. The van der Waals surface area contributed by atoms with Gasteiger partial charge in [-0.2, -0.15) is 0 Å². The van der Waals surface area contributed by atoms with Crippen LogP contribution in [-0.4, -0.2) is 54.0 Å². The Kier molecular flexibility index (Phi) is 6.74. The van der Waals surface area contributed by atoms with Gasteiger partial charge in [0.05, 0.1) is 5.56 Å². The van der Waals surface area contributed by atoms with Gasteiger partial charge in [0, 0.05) is 12.6 Å². The SMILES string of the molecule is Cc1cccc(CN(C(=O)CN2C(=O)c3ccccc3S2(=O)=O)C(C)C(=O)NC2CCCC2)c1. The number of sulfonamides is 1. The van der Waals surface area contributed by atoms with E-state index in [1.807, 2.05) is 31.2 Å². The van der Waals surface area contributed by atoms with Crippen LogP contribution in [0.3, 0.4) is 0 Å². The monoisotopic (exact) mass is 483 g/mol. The summed E-state index contributed by atoms with van der Waals surface area (Å²) >= 11 is 0. The summed E-state index contributed by atoms with van der Waals surface area (Å²) in [5.41, 5.74) is 1.86. The fourth-order valence-corrected chi connectivity index (χ4v) is 6.10. The van der Waals surface area contributed by atoms with Crippen molar-refractivity contribution in [2.45, 2.75) is 63.1 Å². The Morgan fingerprint density at radius 2 is 1.82 bits per heavy atom. The van der Waals surface area contributed by atoms with Gasteiger partial charge in [-0.25, -0.2) is 12.7 Å². The summed E-state index contributed by atoms with van der Waals surface area (Å²) in [6.45, 7) is 3.02. The Hall–Kier alpha value is -3.20. The van der Waals surface area contributed by atoms with Crippen molar-refractivity contribution >= 4 is 27.7 Å². The van der Waals surface area contributed by atoms with E-state index < -0.39 is 34.4 Å². The highest BCUT2D eigenvalue weighted by Crippen LogP contribution is 2.30. The first-order valence-corrected chi connectivity index (χ1v) is 12.9. The zero-order valence-corrected chi connectivity index (χ0v) is 20.2. The fraction of sp³-hybridized carbons (Fsp3) is 0.400. The van der Waals surface area contributed by atoms with Gasteiger partial charge in [-0.05, 0) is 44.4 Å². The number of fused-ring (bicyclic) bond motifs is 1. The molecular formula is C25H29N3O5S. The van der Waals surface area contributed by atoms with E-state index in [1.165, 1.54) is 23.1 Å². The maximum absolute atomic E-state index is 13.4. The molecule has 2 aromatic rings. The number of amides is 3. The minimum atomic E-state index is -4.13. The first-order valence-electron chi connectivity index (χ1n) is 11.5. The molecule has 180 valence electrons. The van der Waals surface area contributed by atoms with Gasteiger partial charge in [-0.3, -0.25) is 14.4 Å². The van der Waals surface area contributed by atoms with Crippen molar-refractivity contribution < 1.29 is 22.8 Å². The van der Waals surface area contributed by atoms with E-state index >= 15 is 0 Å². The molecule has 1 atom stereocenters. The van der Waals surface area contributed by atoms with Crippen LogP contribution in [-0.2, 0) is 26.2 Å². The van der Waals surface area contributed by atoms with Gasteiger partial charge >= 0.3 is 0 Å². The summed E-state index contributed by atoms with van der Waals surface area (Å²) < 4.78 is 26.5. The van der Waals surface area contributed by atoms with Crippen LogP contribution in [0.5, 0.6) is 0 Å². The molecular weight excluding hydrogens is 454 g/mol. The van der Waals surface area contributed by atoms with Crippen molar-refractivity contribution in [3.05, 3.63) is 65.2 Å². The van der Waals surface area contributed by atoms with Gasteiger partial charge in [0.2, 0.25) is 11.8 Å². The molecule has 3 amide bonds. The molecule has 8 nitrogen and oxygen atoms in total. The lowest BCUT2D eigenvalue weighted by Gasteiger charge is -2.31. The molecule has 2 aliphatic rings. The van der Waals surface area contributed by atoms with Gasteiger partial charge < -0.3 is 10.2 Å². The van der Waals surface area contributed by atoms with Crippen LogP contribution < -0.4 is 5.32 Å². The van der Waals surface area contributed by atoms with E-state index in [-0.39, 0.29) is 29.0 Å². The third kappa shape index (κ3) is 4.70. The summed E-state index contributed by atoms with van der Waals surface area (Å²) in [5, 5.41) is 3.01. The average Bonchev–Trinajstić information content (AvgIpc) is 3.38. The molecule has 1 fully saturated rings. The van der Waals surface area contributed by atoms with Crippen molar-refractivity contribution in [2.75, 3.05) is 6.54 Å². The second-order valence-electron chi connectivity index (χ2n) is 8.99. The van der Waals surface area contributed by atoms with Crippen molar-refractivity contribution in [1.29, 1.82) is 0 Å². The lowest BCUT2D eigenvalue weighted by atomic mass is 10.1. The Labute approximate surface area is 200 Å². The van der Waals surface area contributed by atoms with Crippen LogP contribution in [0.4, 0.5) is 0 Å². The fourth-order valence-electron chi connectivity index (χ4n) is 4.58. The highest BCUT2D eigenvalue weighted by atomic mass is 32.2. The number of rotatable bonds is 7. The molecule has 1 N–H and O–H groups in total. The van der Waals surface area contributed by atoms with E-state index in [9.17, 15) is 22.8 Å². The smallest absolute Gasteiger partial charge is 0.269 e. The van der Waals surface area contributed by atoms with Crippen LogP contribution in [0.1, 0.15) is 54.1 Å². The third-order valence-corrected chi connectivity index (χ3v) is 8.28. The lowest BCUT2D eigenvalue weighted by Crippen LogP contribution is -2.52. The topological polar surface area (TPSA) is 104 Å². The second-order valence-corrected chi connectivity index (χ2v) is 10.8. The van der Waals surface area contributed by atoms with E-state index in [1.54, 1.807) is 13.0 Å². The Morgan fingerprint density at radius 3 is 2.50 bits per heavy atom. The van der Waals surface area contributed by atoms with Gasteiger partial charge in [-0.15, -0.1) is 0 Å². The molecule has 1 aliphatic carbocycles.